The normalized spacial score (nSPS) is 19.2. The maximum absolute atomic E-state index is 6.26. The zero-order chi connectivity index (χ0) is 13.9. The van der Waals surface area contributed by atoms with Gasteiger partial charge in [0.2, 0.25) is 0 Å². The van der Waals surface area contributed by atoms with Crippen LogP contribution in [0.3, 0.4) is 0 Å². The molecular weight excluding hydrogens is 246 g/mol. The first kappa shape index (κ1) is 14.1. The predicted molar refractivity (Wildman–Crippen MR) is 71.4 cm³/mol. The Balaban J connectivity index is 2.19. The molecule has 0 aromatic heterocycles. The van der Waals surface area contributed by atoms with E-state index in [0.717, 1.165) is 17.1 Å². The number of rotatable bonds is 5. The van der Waals surface area contributed by atoms with Gasteiger partial charge in [-0.25, -0.2) is 0 Å². The van der Waals surface area contributed by atoms with Crippen molar-refractivity contribution < 1.29 is 18.9 Å². The maximum Gasteiger partial charge on any atom is 0.167 e. The van der Waals surface area contributed by atoms with Crippen molar-refractivity contribution in [2.24, 2.45) is 5.73 Å². The van der Waals surface area contributed by atoms with Gasteiger partial charge in [0.25, 0.3) is 0 Å². The molecule has 1 atom stereocenters. The van der Waals surface area contributed by atoms with Gasteiger partial charge in [-0.15, -0.1) is 0 Å². The van der Waals surface area contributed by atoms with Gasteiger partial charge in [0, 0.05) is 18.0 Å². The second-order valence-corrected chi connectivity index (χ2v) is 4.75. The van der Waals surface area contributed by atoms with E-state index >= 15 is 0 Å². The SMILES string of the molecule is COc1ccc(OC)c(C(N)CC2(C)OCCO2)c1. The summed E-state index contributed by atoms with van der Waals surface area (Å²) in [7, 11) is 3.25. The van der Waals surface area contributed by atoms with Crippen LogP contribution < -0.4 is 15.2 Å². The number of hydrogen-bond donors (Lipinski definition) is 1. The lowest BCUT2D eigenvalue weighted by atomic mass is 9.99. The van der Waals surface area contributed by atoms with Gasteiger partial charge in [-0.3, -0.25) is 0 Å². The minimum Gasteiger partial charge on any atom is -0.497 e. The van der Waals surface area contributed by atoms with Crippen LogP contribution in [0.5, 0.6) is 11.5 Å². The Morgan fingerprint density at radius 2 is 1.95 bits per heavy atom. The highest BCUT2D eigenvalue weighted by atomic mass is 16.7. The first-order valence-corrected chi connectivity index (χ1v) is 6.33. The Kier molecular flexibility index (Phi) is 4.29. The molecule has 2 rings (SSSR count). The van der Waals surface area contributed by atoms with Crippen LogP contribution in [-0.2, 0) is 9.47 Å². The molecule has 1 saturated heterocycles. The summed E-state index contributed by atoms with van der Waals surface area (Å²) in [5.74, 6) is 0.882. The molecule has 1 unspecified atom stereocenters. The molecule has 1 heterocycles. The summed E-state index contributed by atoms with van der Waals surface area (Å²) in [4.78, 5) is 0. The highest BCUT2D eigenvalue weighted by molar-refractivity contribution is 5.42. The van der Waals surface area contributed by atoms with E-state index in [9.17, 15) is 0 Å². The molecule has 0 spiro atoms. The molecule has 5 heteroatoms. The first-order chi connectivity index (χ1) is 9.08. The number of hydrogen-bond acceptors (Lipinski definition) is 5. The van der Waals surface area contributed by atoms with E-state index in [4.69, 9.17) is 24.7 Å². The van der Waals surface area contributed by atoms with Crippen LogP contribution in [0.2, 0.25) is 0 Å². The lowest BCUT2D eigenvalue weighted by Gasteiger charge is -2.26. The number of nitrogens with two attached hydrogens (primary N) is 1. The molecule has 0 bridgehead atoms. The van der Waals surface area contributed by atoms with Gasteiger partial charge in [-0.05, 0) is 25.1 Å². The van der Waals surface area contributed by atoms with Crippen molar-refractivity contribution in [3.05, 3.63) is 23.8 Å². The largest absolute Gasteiger partial charge is 0.497 e. The maximum atomic E-state index is 6.26. The van der Waals surface area contributed by atoms with Gasteiger partial charge in [-0.1, -0.05) is 0 Å². The molecule has 19 heavy (non-hydrogen) atoms. The summed E-state index contributed by atoms with van der Waals surface area (Å²) >= 11 is 0. The van der Waals surface area contributed by atoms with Gasteiger partial charge in [-0.2, -0.15) is 0 Å². The van der Waals surface area contributed by atoms with Crippen molar-refractivity contribution in [2.45, 2.75) is 25.2 Å². The van der Waals surface area contributed by atoms with Crippen molar-refractivity contribution in [1.29, 1.82) is 0 Å². The molecule has 106 valence electrons. The molecule has 0 radical (unpaired) electrons. The van der Waals surface area contributed by atoms with Crippen LogP contribution in [0.25, 0.3) is 0 Å². The van der Waals surface area contributed by atoms with Crippen molar-refractivity contribution in [1.82, 2.24) is 0 Å². The standard InChI is InChI=1S/C14H21NO4/c1-14(18-6-7-19-14)9-12(15)11-8-10(16-2)4-5-13(11)17-3/h4-5,8,12H,6-7,9,15H2,1-3H3. The number of benzene rings is 1. The Morgan fingerprint density at radius 3 is 2.53 bits per heavy atom. The fraction of sp³-hybridized carbons (Fsp3) is 0.571. The van der Waals surface area contributed by atoms with E-state index in [1.807, 2.05) is 25.1 Å². The molecule has 5 nitrogen and oxygen atoms in total. The summed E-state index contributed by atoms with van der Waals surface area (Å²) in [5.41, 5.74) is 7.16. The van der Waals surface area contributed by atoms with Gasteiger partial charge in [0.1, 0.15) is 11.5 Å². The van der Waals surface area contributed by atoms with Crippen LogP contribution in [0.1, 0.15) is 24.9 Å². The Morgan fingerprint density at radius 1 is 1.26 bits per heavy atom. The second-order valence-electron chi connectivity index (χ2n) is 4.75. The Bertz CT molecular complexity index is 429. The summed E-state index contributed by atoms with van der Waals surface area (Å²) in [6, 6.07) is 5.35. The lowest BCUT2D eigenvalue weighted by Crippen LogP contribution is -2.31. The topological polar surface area (TPSA) is 62.9 Å². The molecule has 1 fully saturated rings. The van der Waals surface area contributed by atoms with Gasteiger partial charge in [0.15, 0.2) is 5.79 Å². The van der Waals surface area contributed by atoms with E-state index in [1.54, 1.807) is 14.2 Å². The minimum atomic E-state index is -0.618. The van der Waals surface area contributed by atoms with E-state index in [2.05, 4.69) is 0 Å². The summed E-state index contributed by atoms with van der Waals surface area (Å²) in [6.45, 7) is 3.13. The number of methoxy groups -OCH3 is 2. The molecule has 2 N–H and O–H groups in total. The van der Waals surface area contributed by atoms with Crippen LogP contribution in [-0.4, -0.2) is 33.2 Å². The van der Waals surface area contributed by atoms with Crippen molar-refractivity contribution in [3.8, 4) is 11.5 Å². The van der Waals surface area contributed by atoms with Gasteiger partial charge in [0.05, 0.1) is 27.4 Å². The van der Waals surface area contributed by atoms with E-state index < -0.39 is 5.79 Å². The summed E-state index contributed by atoms with van der Waals surface area (Å²) in [6.07, 6.45) is 0.566. The molecule has 1 aliphatic heterocycles. The van der Waals surface area contributed by atoms with Crippen molar-refractivity contribution in [2.75, 3.05) is 27.4 Å². The monoisotopic (exact) mass is 267 g/mol. The minimum absolute atomic E-state index is 0.242. The van der Waals surface area contributed by atoms with Gasteiger partial charge >= 0.3 is 0 Å². The molecule has 1 aromatic carbocycles. The molecule has 0 amide bonds. The smallest absolute Gasteiger partial charge is 0.167 e. The average Bonchev–Trinajstić information content (AvgIpc) is 2.84. The van der Waals surface area contributed by atoms with Crippen LogP contribution >= 0.6 is 0 Å². The van der Waals surface area contributed by atoms with E-state index in [-0.39, 0.29) is 6.04 Å². The Hall–Kier alpha value is -1.30. The first-order valence-electron chi connectivity index (χ1n) is 6.33. The fourth-order valence-corrected chi connectivity index (χ4v) is 2.31. The predicted octanol–water partition coefficient (Wildman–Crippen LogP) is 1.86. The third kappa shape index (κ3) is 3.18. The van der Waals surface area contributed by atoms with E-state index in [1.165, 1.54) is 0 Å². The summed E-state index contributed by atoms with van der Waals surface area (Å²) < 4.78 is 21.7. The Labute approximate surface area is 113 Å². The molecule has 0 aliphatic carbocycles. The number of ether oxygens (including phenoxy) is 4. The third-order valence-corrected chi connectivity index (χ3v) is 3.33. The van der Waals surface area contributed by atoms with E-state index in [0.29, 0.717) is 19.6 Å². The van der Waals surface area contributed by atoms with Crippen LogP contribution in [0.4, 0.5) is 0 Å². The van der Waals surface area contributed by atoms with Crippen molar-refractivity contribution in [3.63, 3.8) is 0 Å². The van der Waals surface area contributed by atoms with Crippen molar-refractivity contribution >= 4 is 0 Å². The summed E-state index contributed by atoms with van der Waals surface area (Å²) in [5, 5.41) is 0. The molecule has 1 aromatic rings. The third-order valence-electron chi connectivity index (χ3n) is 3.33. The van der Waals surface area contributed by atoms with Crippen LogP contribution in [0, 0.1) is 0 Å². The highest BCUT2D eigenvalue weighted by Gasteiger charge is 2.34. The molecule has 1 aliphatic rings. The van der Waals surface area contributed by atoms with Gasteiger partial charge < -0.3 is 24.7 Å². The zero-order valence-corrected chi connectivity index (χ0v) is 11.6. The zero-order valence-electron chi connectivity index (χ0n) is 11.6. The second kappa shape index (κ2) is 5.77. The average molecular weight is 267 g/mol. The quantitative estimate of drug-likeness (QED) is 0.882. The molecular formula is C14H21NO4. The lowest BCUT2D eigenvalue weighted by molar-refractivity contribution is -0.150. The fourth-order valence-electron chi connectivity index (χ4n) is 2.31. The highest BCUT2D eigenvalue weighted by Crippen LogP contribution is 2.34. The molecule has 0 saturated carbocycles. The van der Waals surface area contributed by atoms with Crippen LogP contribution in [0.15, 0.2) is 18.2 Å².